The standard InChI is InChI=1S/C38H39NO6S/c1-38(2,3)32-18-12-27(13-19-32)24-31(23-26-10-14-28(15-11-26)34(40)8-6-22-46(42,43)44)37(41)39-33-20-16-29(17-21-33)36-25-30-7-4-5-9-35(30)45-36/h4-5,7,9-21,25,31H,6,8,22-24H2,1-3H3,(H,39,41)(H,42,43,44). The number of para-hydroxylation sites is 1. The predicted molar refractivity (Wildman–Crippen MR) is 183 cm³/mol. The number of carbonyl (C=O) groups is 2. The number of rotatable bonds is 12. The number of fused-ring (bicyclic) bond motifs is 1. The van der Waals surface area contributed by atoms with E-state index in [0.717, 1.165) is 33.4 Å². The van der Waals surface area contributed by atoms with Crippen molar-refractivity contribution in [1.82, 2.24) is 0 Å². The van der Waals surface area contributed by atoms with Gasteiger partial charge in [0.1, 0.15) is 11.3 Å². The highest BCUT2D eigenvalue weighted by atomic mass is 32.2. The Morgan fingerprint density at radius 1 is 0.826 bits per heavy atom. The molecule has 5 aromatic rings. The van der Waals surface area contributed by atoms with Crippen LogP contribution in [0.5, 0.6) is 0 Å². The highest BCUT2D eigenvalue weighted by Crippen LogP contribution is 2.29. The molecule has 0 aliphatic carbocycles. The molecule has 1 aromatic heterocycles. The number of Topliss-reactive ketones (excluding diaryl/α,β-unsaturated/α-hetero) is 1. The molecule has 46 heavy (non-hydrogen) atoms. The van der Waals surface area contributed by atoms with Gasteiger partial charge in [-0.2, -0.15) is 8.42 Å². The monoisotopic (exact) mass is 637 g/mol. The van der Waals surface area contributed by atoms with Crippen molar-refractivity contribution in [2.24, 2.45) is 5.92 Å². The zero-order valence-corrected chi connectivity index (χ0v) is 27.1. The van der Waals surface area contributed by atoms with Crippen LogP contribution in [-0.4, -0.2) is 30.4 Å². The molecule has 1 heterocycles. The average Bonchev–Trinajstić information content (AvgIpc) is 3.45. The summed E-state index contributed by atoms with van der Waals surface area (Å²) in [6, 6.07) is 32.9. The summed E-state index contributed by atoms with van der Waals surface area (Å²) in [7, 11) is -4.10. The van der Waals surface area contributed by atoms with Gasteiger partial charge in [-0.25, -0.2) is 0 Å². The van der Waals surface area contributed by atoms with Gasteiger partial charge in [-0.1, -0.05) is 87.5 Å². The molecule has 1 unspecified atom stereocenters. The van der Waals surface area contributed by atoms with Crippen LogP contribution in [-0.2, 0) is 33.2 Å². The molecular formula is C38H39NO6S. The summed E-state index contributed by atoms with van der Waals surface area (Å²) in [5.41, 5.74) is 6.08. The summed E-state index contributed by atoms with van der Waals surface area (Å²) in [6.07, 6.45) is 1.06. The van der Waals surface area contributed by atoms with Crippen LogP contribution in [0.2, 0.25) is 0 Å². The van der Waals surface area contributed by atoms with Crippen molar-refractivity contribution < 1.29 is 27.0 Å². The van der Waals surface area contributed by atoms with E-state index in [1.54, 1.807) is 12.1 Å². The van der Waals surface area contributed by atoms with Gasteiger partial charge in [0.15, 0.2) is 5.78 Å². The lowest BCUT2D eigenvalue weighted by Crippen LogP contribution is -2.26. The van der Waals surface area contributed by atoms with E-state index < -0.39 is 15.9 Å². The maximum Gasteiger partial charge on any atom is 0.264 e. The van der Waals surface area contributed by atoms with E-state index in [0.29, 0.717) is 24.1 Å². The molecule has 5 rings (SSSR count). The molecule has 0 spiro atoms. The highest BCUT2D eigenvalue weighted by Gasteiger charge is 2.22. The third-order valence-corrected chi connectivity index (χ3v) is 8.90. The minimum absolute atomic E-state index is 0.0177. The Balaban J connectivity index is 1.30. The first kappa shape index (κ1) is 32.9. The summed E-state index contributed by atoms with van der Waals surface area (Å²) in [4.78, 5) is 26.3. The van der Waals surface area contributed by atoms with Crippen molar-refractivity contribution >= 4 is 38.5 Å². The Hall–Kier alpha value is -4.53. The van der Waals surface area contributed by atoms with E-state index in [1.807, 2.05) is 66.7 Å². The van der Waals surface area contributed by atoms with Gasteiger partial charge >= 0.3 is 0 Å². The molecule has 238 valence electrons. The fourth-order valence-corrected chi connectivity index (χ4v) is 5.95. The zero-order valence-electron chi connectivity index (χ0n) is 26.3. The van der Waals surface area contributed by atoms with Crippen LogP contribution in [0.1, 0.15) is 60.7 Å². The van der Waals surface area contributed by atoms with E-state index >= 15 is 0 Å². The molecule has 0 saturated carbocycles. The van der Waals surface area contributed by atoms with Gasteiger partial charge < -0.3 is 9.73 Å². The number of carbonyl (C=O) groups excluding carboxylic acids is 2. The number of hydrogen-bond acceptors (Lipinski definition) is 5. The van der Waals surface area contributed by atoms with E-state index in [9.17, 15) is 18.0 Å². The maximum absolute atomic E-state index is 13.7. The molecule has 0 aliphatic rings. The van der Waals surface area contributed by atoms with Crippen LogP contribution >= 0.6 is 0 Å². The second-order valence-corrected chi connectivity index (χ2v) is 14.3. The molecule has 0 aliphatic heterocycles. The largest absolute Gasteiger partial charge is 0.456 e. The fraction of sp³-hybridized carbons (Fsp3) is 0.263. The number of hydrogen-bond donors (Lipinski definition) is 2. The molecule has 0 bridgehead atoms. The summed E-state index contributed by atoms with van der Waals surface area (Å²) in [5, 5.41) is 4.13. The van der Waals surface area contributed by atoms with Gasteiger partial charge in [0.2, 0.25) is 5.91 Å². The van der Waals surface area contributed by atoms with Crippen LogP contribution in [0.15, 0.2) is 108 Å². The van der Waals surface area contributed by atoms with Crippen LogP contribution in [0, 0.1) is 5.92 Å². The quantitative estimate of drug-likeness (QED) is 0.105. The van der Waals surface area contributed by atoms with Crippen LogP contribution in [0.3, 0.4) is 0 Å². The summed E-state index contributed by atoms with van der Waals surface area (Å²) in [6.45, 7) is 6.50. The summed E-state index contributed by atoms with van der Waals surface area (Å²) < 4.78 is 36.9. The minimum atomic E-state index is -4.10. The molecular weight excluding hydrogens is 598 g/mol. The van der Waals surface area contributed by atoms with E-state index in [-0.39, 0.29) is 35.9 Å². The number of furan rings is 1. The Labute approximate surface area is 270 Å². The first-order chi connectivity index (χ1) is 21.8. The number of ketones is 1. The highest BCUT2D eigenvalue weighted by molar-refractivity contribution is 7.85. The number of amides is 1. The first-order valence-electron chi connectivity index (χ1n) is 15.4. The van der Waals surface area contributed by atoms with Crippen LogP contribution in [0.25, 0.3) is 22.3 Å². The molecule has 7 nitrogen and oxygen atoms in total. The van der Waals surface area contributed by atoms with Gasteiger partial charge in [0.05, 0.1) is 5.75 Å². The SMILES string of the molecule is CC(C)(C)c1ccc(CC(Cc2ccc(C(=O)CCCS(=O)(=O)O)cc2)C(=O)Nc2ccc(-c3cc4ccccc4o3)cc2)cc1. The van der Waals surface area contributed by atoms with Gasteiger partial charge in [0.25, 0.3) is 10.1 Å². The molecule has 0 saturated heterocycles. The topological polar surface area (TPSA) is 114 Å². The summed E-state index contributed by atoms with van der Waals surface area (Å²) in [5.74, 6) is -0.383. The van der Waals surface area contributed by atoms with Crippen molar-refractivity contribution in [1.29, 1.82) is 0 Å². The molecule has 8 heteroatoms. The van der Waals surface area contributed by atoms with E-state index in [2.05, 4.69) is 50.4 Å². The van der Waals surface area contributed by atoms with Crippen molar-refractivity contribution in [2.45, 2.75) is 51.9 Å². The molecule has 1 amide bonds. The third kappa shape index (κ3) is 8.80. The predicted octanol–water partition coefficient (Wildman–Crippen LogP) is 8.29. The van der Waals surface area contributed by atoms with Crippen molar-refractivity contribution in [2.75, 3.05) is 11.1 Å². The van der Waals surface area contributed by atoms with Crippen molar-refractivity contribution in [3.63, 3.8) is 0 Å². The van der Waals surface area contributed by atoms with Crippen LogP contribution < -0.4 is 5.32 Å². The number of anilines is 1. The van der Waals surface area contributed by atoms with Gasteiger partial charge in [0, 0.05) is 34.5 Å². The maximum atomic E-state index is 13.7. The smallest absolute Gasteiger partial charge is 0.264 e. The first-order valence-corrected chi connectivity index (χ1v) is 17.0. The zero-order chi connectivity index (χ0) is 32.9. The molecule has 4 aromatic carbocycles. The van der Waals surface area contributed by atoms with Gasteiger partial charge in [-0.15, -0.1) is 0 Å². The lowest BCUT2D eigenvalue weighted by molar-refractivity contribution is -0.119. The fourth-order valence-electron chi connectivity index (χ4n) is 5.44. The van der Waals surface area contributed by atoms with E-state index in [4.69, 9.17) is 8.97 Å². The van der Waals surface area contributed by atoms with Gasteiger partial charge in [-0.3, -0.25) is 14.1 Å². The lowest BCUT2D eigenvalue weighted by Gasteiger charge is -2.21. The summed E-state index contributed by atoms with van der Waals surface area (Å²) >= 11 is 0. The van der Waals surface area contributed by atoms with E-state index in [1.165, 1.54) is 5.56 Å². The Morgan fingerprint density at radius 2 is 1.43 bits per heavy atom. The Bertz CT molecular complexity index is 1880. The Kier molecular flexibility index (Phi) is 9.89. The van der Waals surface area contributed by atoms with Crippen molar-refractivity contribution in [3.05, 3.63) is 125 Å². The molecule has 2 N–H and O–H groups in total. The Morgan fingerprint density at radius 3 is 2.02 bits per heavy atom. The molecule has 1 atom stereocenters. The molecule has 0 fully saturated rings. The molecule has 0 radical (unpaired) electrons. The number of nitrogens with one attached hydrogen (secondary N) is 1. The average molecular weight is 638 g/mol. The lowest BCUT2D eigenvalue weighted by atomic mass is 9.85. The van der Waals surface area contributed by atoms with Crippen LogP contribution in [0.4, 0.5) is 5.69 Å². The van der Waals surface area contributed by atoms with Gasteiger partial charge in [-0.05, 0) is 77.8 Å². The number of benzene rings is 4. The second-order valence-electron chi connectivity index (χ2n) is 12.8. The normalized spacial score (nSPS) is 12.6. The second kappa shape index (κ2) is 13.8. The third-order valence-electron chi connectivity index (χ3n) is 8.10. The van der Waals surface area contributed by atoms with Crippen molar-refractivity contribution in [3.8, 4) is 11.3 Å². The minimum Gasteiger partial charge on any atom is -0.456 e.